The monoisotopic (exact) mass is 1180 g/mol. The molecule has 0 N–H and O–H groups in total. The van der Waals surface area contributed by atoms with Crippen molar-refractivity contribution < 1.29 is 16.8 Å². The van der Waals surface area contributed by atoms with Gasteiger partial charge in [0, 0.05) is 66.3 Å². The molecule has 3 aliphatic rings. The maximum atomic E-state index is 14.6. The smallest absolute Gasteiger partial charge is 0.207 e. The van der Waals surface area contributed by atoms with Crippen molar-refractivity contribution in [3.8, 4) is 33.6 Å². The average molecular weight is 1180 g/mol. The predicted molar refractivity (Wildman–Crippen MR) is 357 cm³/mol. The molecule has 8 nitrogen and oxygen atoms in total. The molecule has 12 aromatic carbocycles. The van der Waals surface area contributed by atoms with Crippen molar-refractivity contribution in [2.24, 2.45) is 0 Å². The van der Waals surface area contributed by atoms with Gasteiger partial charge in [-0.15, -0.1) is 0 Å². The third kappa shape index (κ3) is 7.30. The fourth-order valence-corrected chi connectivity index (χ4v) is 17.8. The molecule has 0 spiro atoms. The molecular weight excluding hydrogens is 1120 g/mol. The second-order valence-corrected chi connectivity index (χ2v) is 28.3. The summed E-state index contributed by atoms with van der Waals surface area (Å²) in [4.78, 5) is 5.55. The van der Waals surface area contributed by atoms with Gasteiger partial charge in [-0.3, -0.25) is 0 Å². The van der Waals surface area contributed by atoms with Crippen LogP contribution in [0.1, 0.15) is 49.9 Å². The highest BCUT2D eigenvalue weighted by Crippen LogP contribution is 2.56. The Balaban J connectivity index is 0.733. The summed E-state index contributed by atoms with van der Waals surface area (Å²) in [5.41, 5.74) is 19.3. The molecule has 0 aliphatic carbocycles. The predicted octanol–water partition coefficient (Wildman–Crippen LogP) is 19.4. The molecule has 0 amide bonds. The molecule has 17 rings (SSSR count). The molecule has 0 bridgehead atoms. The van der Waals surface area contributed by atoms with Crippen LogP contribution >= 0.6 is 0 Å². The van der Waals surface area contributed by atoms with Gasteiger partial charge in [-0.25, -0.2) is 16.8 Å². The Morgan fingerprint density at radius 3 is 1.20 bits per heavy atom. The molecule has 88 heavy (non-hydrogen) atoms. The Bertz CT molecular complexity index is 5460. The minimum Gasteiger partial charge on any atom is -0.310 e. The molecule has 10 heteroatoms. The Labute approximate surface area is 510 Å². The third-order valence-electron chi connectivity index (χ3n) is 19.0. The fourth-order valence-electron chi connectivity index (χ4n) is 14.9. The van der Waals surface area contributed by atoms with E-state index in [-0.39, 0.29) is 15.2 Å². The molecule has 3 aliphatic heterocycles. The number of hydrogen-bond donors (Lipinski definition) is 0. The van der Waals surface area contributed by atoms with Crippen molar-refractivity contribution in [2.75, 3.05) is 9.80 Å². The van der Waals surface area contributed by atoms with E-state index in [0.717, 1.165) is 111 Å². The number of aromatic nitrogens is 2. The van der Waals surface area contributed by atoms with Crippen LogP contribution in [0.2, 0.25) is 0 Å². The van der Waals surface area contributed by atoms with Crippen LogP contribution in [0.25, 0.3) is 77.2 Å². The lowest BCUT2D eigenvalue weighted by Gasteiger charge is -2.43. The fraction of sp³-hybridized carbons (Fsp3) is 0.0769. The SMILES string of the molecule is CC1(C)c2ccccc2N(c2ccc(S(=O)(=O)c3ccc(N4c5ccccc5C(C)(C)c5c(-c6ccc7c(c6)c6ccccc6n7-c6ccc7c(c6)-c6cc(-n8c9ccccc9c9ccccc98)ccc6S7(=O)=O)cccc54)cc3)cc2)c2ccccc21. The number of para-hydroxylation sites is 6. The van der Waals surface area contributed by atoms with Gasteiger partial charge in [-0.05, 0) is 173 Å². The molecule has 0 saturated heterocycles. The van der Waals surface area contributed by atoms with E-state index >= 15 is 0 Å². The summed E-state index contributed by atoms with van der Waals surface area (Å²) in [6, 6.07) is 89.8. The maximum absolute atomic E-state index is 14.6. The lowest BCUT2D eigenvalue weighted by Crippen LogP contribution is -2.31. The molecule has 0 saturated carbocycles. The molecule has 0 fully saturated rings. The van der Waals surface area contributed by atoms with Gasteiger partial charge in [0.25, 0.3) is 0 Å². The van der Waals surface area contributed by atoms with Crippen molar-refractivity contribution in [3.63, 3.8) is 0 Å². The Morgan fingerprint density at radius 2 is 0.716 bits per heavy atom. The van der Waals surface area contributed by atoms with Gasteiger partial charge in [0.1, 0.15) is 0 Å². The van der Waals surface area contributed by atoms with Gasteiger partial charge in [-0.1, -0.05) is 155 Å². The van der Waals surface area contributed by atoms with Crippen LogP contribution in [0.5, 0.6) is 0 Å². The van der Waals surface area contributed by atoms with E-state index in [4.69, 9.17) is 0 Å². The number of nitrogens with zero attached hydrogens (tertiary/aromatic N) is 4. The van der Waals surface area contributed by atoms with E-state index in [0.29, 0.717) is 20.9 Å². The zero-order valence-corrected chi connectivity index (χ0v) is 50.3. The van der Waals surface area contributed by atoms with Crippen LogP contribution in [0.4, 0.5) is 34.1 Å². The van der Waals surface area contributed by atoms with Crippen LogP contribution in [0, 0.1) is 0 Å². The topological polar surface area (TPSA) is 84.6 Å². The third-order valence-corrected chi connectivity index (χ3v) is 22.7. The molecule has 5 heterocycles. The largest absolute Gasteiger partial charge is 0.310 e. The number of fused-ring (bicyclic) bond motifs is 13. The summed E-state index contributed by atoms with van der Waals surface area (Å²) in [5.74, 6) is 0. The lowest BCUT2D eigenvalue weighted by atomic mass is 9.71. The Morgan fingerprint density at radius 1 is 0.330 bits per heavy atom. The molecule has 0 unspecified atom stereocenters. The number of rotatable bonds is 7. The van der Waals surface area contributed by atoms with E-state index in [1.807, 2.05) is 60.7 Å². The first-order chi connectivity index (χ1) is 42.7. The first kappa shape index (κ1) is 52.1. The number of anilines is 6. The zero-order chi connectivity index (χ0) is 59.6. The summed E-state index contributed by atoms with van der Waals surface area (Å²) in [7, 11) is -7.70. The number of benzene rings is 12. The summed E-state index contributed by atoms with van der Waals surface area (Å²) in [6.07, 6.45) is 0. The van der Waals surface area contributed by atoms with Crippen molar-refractivity contribution >= 4 is 97.4 Å². The molecule has 0 atom stereocenters. The summed E-state index contributed by atoms with van der Waals surface area (Å²) in [6.45, 7) is 9.09. The minimum atomic E-state index is -3.91. The average Bonchev–Trinajstić information content (AvgIpc) is 1.09. The molecule has 0 radical (unpaired) electrons. The Hall–Kier alpha value is -10.3. The highest BCUT2D eigenvalue weighted by Gasteiger charge is 2.41. The maximum Gasteiger partial charge on any atom is 0.207 e. The first-order valence-electron chi connectivity index (χ1n) is 29.7. The summed E-state index contributed by atoms with van der Waals surface area (Å²) >= 11 is 0. The zero-order valence-electron chi connectivity index (χ0n) is 48.6. The highest BCUT2D eigenvalue weighted by atomic mass is 32.2. The van der Waals surface area contributed by atoms with Gasteiger partial charge in [-0.2, -0.15) is 0 Å². The Kier molecular flexibility index (Phi) is 11.0. The van der Waals surface area contributed by atoms with E-state index < -0.39 is 25.1 Å². The lowest BCUT2D eigenvalue weighted by molar-refractivity contribution is 0.595. The van der Waals surface area contributed by atoms with E-state index in [1.54, 1.807) is 36.4 Å². The van der Waals surface area contributed by atoms with Gasteiger partial charge in [0.2, 0.25) is 19.7 Å². The summed E-state index contributed by atoms with van der Waals surface area (Å²) in [5, 5.41) is 4.42. The first-order valence-corrected chi connectivity index (χ1v) is 32.7. The van der Waals surface area contributed by atoms with Gasteiger partial charge >= 0.3 is 0 Å². The van der Waals surface area contributed by atoms with Gasteiger partial charge in [0.15, 0.2) is 0 Å². The molecule has 14 aromatic rings. The van der Waals surface area contributed by atoms with Crippen molar-refractivity contribution in [2.45, 2.75) is 58.1 Å². The van der Waals surface area contributed by atoms with Crippen LogP contribution in [0.15, 0.2) is 287 Å². The normalized spacial score (nSPS) is 15.0. The number of sulfone groups is 2. The molecule has 424 valence electrons. The second-order valence-electron chi connectivity index (χ2n) is 24.5. The molecular formula is C78H56N4O4S2. The van der Waals surface area contributed by atoms with Crippen molar-refractivity contribution in [1.29, 1.82) is 0 Å². The van der Waals surface area contributed by atoms with Gasteiger partial charge in [0.05, 0.1) is 64.4 Å². The van der Waals surface area contributed by atoms with Gasteiger partial charge < -0.3 is 18.9 Å². The van der Waals surface area contributed by atoms with E-state index in [1.165, 1.54) is 11.1 Å². The van der Waals surface area contributed by atoms with Crippen LogP contribution in [-0.4, -0.2) is 26.0 Å². The standard InChI is InChI=1S/C78H56N4O4S2/c1-77(2)63-22-8-14-28-70(63)79(71-29-15-9-23-64(71)77)50-33-39-54(40-34-50)87(83,84)55-41-35-51(36-42-55)80-72-30-16-10-24-65(72)78(3,4)76-56(21-17-31-73(76)80)49-32-43-69-60(46-49)59-20-7-13-27-68(59)82(69)53-38-45-75-62(48-53)61-47-52(37-44-74(61)88(75,85)86)81-66-25-11-5-18-57(66)58-19-6-12-26-67(58)81/h5-48H,1-4H3. The molecule has 2 aromatic heterocycles. The van der Waals surface area contributed by atoms with E-state index in [9.17, 15) is 16.8 Å². The van der Waals surface area contributed by atoms with E-state index in [2.05, 4.69) is 216 Å². The second kappa shape index (κ2) is 18.6. The van der Waals surface area contributed by atoms with Crippen LogP contribution < -0.4 is 9.80 Å². The summed E-state index contributed by atoms with van der Waals surface area (Å²) < 4.78 is 62.5. The van der Waals surface area contributed by atoms with Crippen molar-refractivity contribution in [3.05, 3.63) is 289 Å². The number of hydrogen-bond acceptors (Lipinski definition) is 6. The highest BCUT2D eigenvalue weighted by molar-refractivity contribution is 7.92. The minimum absolute atomic E-state index is 0.209. The van der Waals surface area contributed by atoms with Crippen molar-refractivity contribution in [1.82, 2.24) is 9.13 Å². The van der Waals surface area contributed by atoms with Crippen LogP contribution in [0.3, 0.4) is 0 Å². The van der Waals surface area contributed by atoms with Crippen LogP contribution in [-0.2, 0) is 30.5 Å². The quantitative estimate of drug-likeness (QED) is 0.158.